The van der Waals surface area contributed by atoms with Crippen molar-refractivity contribution in [1.29, 1.82) is 0 Å². The molecule has 84 valence electrons. The molecule has 1 fully saturated rings. The lowest BCUT2D eigenvalue weighted by Crippen LogP contribution is -2.25. The summed E-state index contributed by atoms with van der Waals surface area (Å²) in [5.74, 6) is 2.73. The van der Waals surface area contributed by atoms with Gasteiger partial charge in [0.25, 0.3) is 0 Å². The fourth-order valence-electron chi connectivity index (χ4n) is 1.77. The Morgan fingerprint density at radius 3 is 2.80 bits per heavy atom. The molecule has 1 aliphatic rings. The molecule has 1 aliphatic carbocycles. The van der Waals surface area contributed by atoms with Crippen molar-refractivity contribution in [2.24, 2.45) is 11.7 Å². The Hall–Kier alpha value is -0.900. The van der Waals surface area contributed by atoms with Crippen LogP contribution in [-0.4, -0.2) is 16.2 Å². The van der Waals surface area contributed by atoms with Gasteiger partial charge in [-0.05, 0) is 25.2 Å². The average Bonchev–Trinajstić information content (AvgIpc) is 2.87. The van der Waals surface area contributed by atoms with Gasteiger partial charge in [0.15, 0.2) is 5.82 Å². The van der Waals surface area contributed by atoms with Crippen LogP contribution in [0.25, 0.3) is 0 Å². The lowest BCUT2D eigenvalue weighted by Gasteiger charge is -2.10. The van der Waals surface area contributed by atoms with Crippen LogP contribution >= 0.6 is 0 Å². The summed E-state index contributed by atoms with van der Waals surface area (Å²) < 4.78 is 5.18. The number of nitrogens with two attached hydrogens (primary N) is 1. The predicted octanol–water partition coefficient (Wildman–Crippen LogP) is 1.86. The van der Waals surface area contributed by atoms with E-state index in [1.807, 2.05) is 0 Å². The van der Waals surface area contributed by atoms with Gasteiger partial charge in [0.05, 0.1) is 0 Å². The third-order valence-electron chi connectivity index (χ3n) is 2.63. The molecule has 15 heavy (non-hydrogen) atoms. The second kappa shape index (κ2) is 4.31. The van der Waals surface area contributed by atoms with E-state index in [0.29, 0.717) is 11.8 Å². The first-order chi connectivity index (χ1) is 7.15. The minimum atomic E-state index is 0.148. The molecule has 2 N–H and O–H groups in total. The molecule has 0 bridgehead atoms. The summed E-state index contributed by atoms with van der Waals surface area (Å²) in [6.07, 6.45) is 4.13. The zero-order valence-corrected chi connectivity index (χ0v) is 9.44. The van der Waals surface area contributed by atoms with Crippen LogP contribution in [0.3, 0.4) is 0 Å². The lowest BCUT2D eigenvalue weighted by molar-refractivity contribution is 0.371. The number of aromatic nitrogens is 2. The smallest absolute Gasteiger partial charge is 0.229 e. The highest BCUT2D eigenvalue weighted by molar-refractivity contribution is 5.02. The monoisotopic (exact) mass is 209 g/mol. The van der Waals surface area contributed by atoms with E-state index in [0.717, 1.165) is 24.6 Å². The Morgan fingerprint density at radius 2 is 2.20 bits per heavy atom. The first-order valence-electron chi connectivity index (χ1n) is 5.73. The fourth-order valence-corrected chi connectivity index (χ4v) is 1.77. The number of hydrogen-bond donors (Lipinski definition) is 1. The zero-order valence-electron chi connectivity index (χ0n) is 9.44. The maximum Gasteiger partial charge on any atom is 0.229 e. The van der Waals surface area contributed by atoms with E-state index in [4.69, 9.17) is 10.3 Å². The molecule has 0 radical (unpaired) electrons. The maximum atomic E-state index is 5.99. The topological polar surface area (TPSA) is 64.9 Å². The predicted molar refractivity (Wildman–Crippen MR) is 57.4 cm³/mol. The van der Waals surface area contributed by atoms with E-state index in [9.17, 15) is 0 Å². The summed E-state index contributed by atoms with van der Waals surface area (Å²) in [4.78, 5) is 4.36. The molecule has 0 aromatic carbocycles. The van der Waals surface area contributed by atoms with E-state index >= 15 is 0 Å². The Kier molecular flexibility index (Phi) is 3.05. The van der Waals surface area contributed by atoms with Crippen LogP contribution in [0, 0.1) is 5.92 Å². The van der Waals surface area contributed by atoms with Crippen LogP contribution in [0.15, 0.2) is 4.52 Å². The summed E-state index contributed by atoms with van der Waals surface area (Å²) in [5.41, 5.74) is 5.99. The largest absolute Gasteiger partial charge is 0.339 e. The highest BCUT2D eigenvalue weighted by atomic mass is 16.5. The Morgan fingerprint density at radius 1 is 1.47 bits per heavy atom. The van der Waals surface area contributed by atoms with Crippen LogP contribution in [0.5, 0.6) is 0 Å². The van der Waals surface area contributed by atoms with Crippen molar-refractivity contribution in [3.8, 4) is 0 Å². The summed E-state index contributed by atoms with van der Waals surface area (Å²) in [5, 5.41) is 3.96. The molecular weight excluding hydrogens is 190 g/mol. The van der Waals surface area contributed by atoms with Crippen LogP contribution in [0.2, 0.25) is 0 Å². The van der Waals surface area contributed by atoms with Crippen molar-refractivity contribution < 1.29 is 4.52 Å². The van der Waals surface area contributed by atoms with Crippen LogP contribution in [0.1, 0.15) is 50.7 Å². The molecule has 0 spiro atoms. The summed E-state index contributed by atoms with van der Waals surface area (Å²) in [6.45, 7) is 4.34. The zero-order chi connectivity index (χ0) is 10.8. The summed E-state index contributed by atoms with van der Waals surface area (Å²) in [6, 6.07) is 0.148. The Labute approximate surface area is 90.2 Å². The molecule has 4 heteroatoms. The van der Waals surface area contributed by atoms with Crippen LogP contribution in [0.4, 0.5) is 0 Å². The average molecular weight is 209 g/mol. The minimum absolute atomic E-state index is 0.148. The quantitative estimate of drug-likeness (QED) is 0.804. The summed E-state index contributed by atoms with van der Waals surface area (Å²) in [7, 11) is 0. The third-order valence-corrected chi connectivity index (χ3v) is 2.63. The van der Waals surface area contributed by atoms with Gasteiger partial charge in [0.1, 0.15) is 0 Å². The Bertz CT molecular complexity index is 317. The van der Waals surface area contributed by atoms with Gasteiger partial charge in [-0.2, -0.15) is 4.98 Å². The van der Waals surface area contributed by atoms with E-state index in [1.54, 1.807) is 0 Å². The standard InChI is InChI=1S/C11H19N3O/c1-7(2)5-9(12)6-10-13-11(15-14-10)8-3-4-8/h7-9H,3-6,12H2,1-2H3/t9-/m0/s1. The molecule has 0 unspecified atom stereocenters. The van der Waals surface area contributed by atoms with Gasteiger partial charge in [-0.25, -0.2) is 0 Å². The molecule has 2 rings (SSSR count). The molecule has 1 heterocycles. The Balaban J connectivity index is 1.86. The SMILES string of the molecule is CC(C)C[C@H](N)Cc1noc(C2CC2)n1. The molecule has 0 aliphatic heterocycles. The lowest BCUT2D eigenvalue weighted by atomic mass is 10.0. The van der Waals surface area contributed by atoms with Gasteiger partial charge < -0.3 is 10.3 Å². The van der Waals surface area contributed by atoms with Gasteiger partial charge in [-0.1, -0.05) is 19.0 Å². The van der Waals surface area contributed by atoms with Gasteiger partial charge in [0, 0.05) is 18.4 Å². The van der Waals surface area contributed by atoms with E-state index in [-0.39, 0.29) is 6.04 Å². The van der Waals surface area contributed by atoms with Gasteiger partial charge in [-0.15, -0.1) is 0 Å². The highest BCUT2D eigenvalue weighted by Crippen LogP contribution is 2.38. The number of nitrogens with zero attached hydrogens (tertiary/aromatic N) is 2. The van der Waals surface area contributed by atoms with E-state index < -0.39 is 0 Å². The third kappa shape index (κ3) is 3.02. The first kappa shape index (κ1) is 10.6. The van der Waals surface area contributed by atoms with Crippen molar-refractivity contribution in [2.75, 3.05) is 0 Å². The van der Waals surface area contributed by atoms with Gasteiger partial charge >= 0.3 is 0 Å². The molecule has 1 aromatic heterocycles. The van der Waals surface area contributed by atoms with Gasteiger partial charge in [0.2, 0.25) is 5.89 Å². The molecule has 1 atom stereocenters. The molecular formula is C11H19N3O. The highest BCUT2D eigenvalue weighted by Gasteiger charge is 2.29. The summed E-state index contributed by atoms with van der Waals surface area (Å²) >= 11 is 0. The number of rotatable bonds is 5. The second-order valence-corrected chi connectivity index (χ2v) is 4.92. The van der Waals surface area contributed by atoms with Crippen molar-refractivity contribution in [2.45, 2.75) is 51.5 Å². The minimum Gasteiger partial charge on any atom is -0.339 e. The number of hydrogen-bond acceptors (Lipinski definition) is 4. The maximum absolute atomic E-state index is 5.99. The van der Waals surface area contributed by atoms with Crippen LogP contribution < -0.4 is 5.73 Å². The van der Waals surface area contributed by atoms with Crippen LogP contribution in [-0.2, 0) is 6.42 Å². The van der Waals surface area contributed by atoms with Crippen molar-refractivity contribution in [1.82, 2.24) is 10.1 Å². The molecule has 1 aromatic rings. The molecule has 0 saturated heterocycles. The van der Waals surface area contributed by atoms with E-state index in [1.165, 1.54) is 12.8 Å². The molecule has 0 amide bonds. The fraction of sp³-hybridized carbons (Fsp3) is 0.818. The normalized spacial score (nSPS) is 18.4. The van der Waals surface area contributed by atoms with Crippen molar-refractivity contribution >= 4 is 0 Å². The molecule has 4 nitrogen and oxygen atoms in total. The van der Waals surface area contributed by atoms with Gasteiger partial charge in [-0.3, -0.25) is 0 Å². The van der Waals surface area contributed by atoms with Crippen molar-refractivity contribution in [3.05, 3.63) is 11.7 Å². The van der Waals surface area contributed by atoms with Crippen molar-refractivity contribution in [3.63, 3.8) is 0 Å². The second-order valence-electron chi connectivity index (χ2n) is 4.92. The van der Waals surface area contributed by atoms with E-state index in [2.05, 4.69) is 24.0 Å². The molecule has 1 saturated carbocycles. The first-order valence-corrected chi connectivity index (χ1v) is 5.73.